The molecule has 2 aromatic rings. The Labute approximate surface area is 148 Å². The van der Waals surface area contributed by atoms with Crippen molar-refractivity contribution in [2.75, 3.05) is 12.4 Å². The van der Waals surface area contributed by atoms with E-state index in [0.717, 1.165) is 0 Å². The first-order chi connectivity index (χ1) is 11.8. The minimum absolute atomic E-state index is 0.107. The normalized spacial score (nSPS) is 11.4. The Morgan fingerprint density at radius 3 is 2.28 bits per heavy atom. The molecule has 2 rings (SSSR count). The van der Waals surface area contributed by atoms with Crippen LogP contribution in [0.1, 0.15) is 36.7 Å². The molecule has 4 nitrogen and oxygen atoms in total. The fraction of sp³-hybridized carbons (Fsp3) is 0.238. The fourth-order valence-electron chi connectivity index (χ4n) is 2.17. The molecule has 0 spiro atoms. The van der Waals surface area contributed by atoms with Gasteiger partial charge in [-0.2, -0.15) is 0 Å². The molecule has 0 fully saturated rings. The third-order valence-electron chi connectivity index (χ3n) is 3.68. The molecule has 0 atom stereocenters. The van der Waals surface area contributed by atoms with E-state index < -0.39 is 5.41 Å². The van der Waals surface area contributed by atoms with Gasteiger partial charge in [0.15, 0.2) is 5.78 Å². The first kappa shape index (κ1) is 18.5. The number of ketones is 1. The van der Waals surface area contributed by atoms with Crippen molar-refractivity contribution in [3.63, 3.8) is 0 Å². The summed E-state index contributed by atoms with van der Waals surface area (Å²) in [7, 11) is 1.56. The molecule has 0 aliphatic carbocycles. The van der Waals surface area contributed by atoms with Gasteiger partial charge in [0.05, 0.1) is 12.8 Å². The molecule has 0 radical (unpaired) electrons. The van der Waals surface area contributed by atoms with Gasteiger partial charge in [-0.15, -0.1) is 0 Å². The van der Waals surface area contributed by atoms with Crippen molar-refractivity contribution in [3.8, 4) is 5.75 Å². The van der Waals surface area contributed by atoms with Gasteiger partial charge in [-0.25, -0.2) is 0 Å². The van der Waals surface area contributed by atoms with Gasteiger partial charge in [-0.05, 0) is 24.3 Å². The highest BCUT2D eigenvalue weighted by Crippen LogP contribution is 2.29. The average Bonchev–Trinajstić information content (AvgIpc) is 2.60. The molecule has 25 heavy (non-hydrogen) atoms. The maximum atomic E-state index is 12.3. The molecule has 0 aliphatic heterocycles. The van der Waals surface area contributed by atoms with Gasteiger partial charge in [0.25, 0.3) is 0 Å². The Kier molecular flexibility index (Phi) is 5.75. The van der Waals surface area contributed by atoms with Crippen LogP contribution < -0.4 is 10.1 Å². The lowest BCUT2D eigenvalue weighted by Gasteiger charge is -2.19. The van der Waals surface area contributed by atoms with Crippen molar-refractivity contribution in [2.24, 2.45) is 5.41 Å². The van der Waals surface area contributed by atoms with Crippen LogP contribution in [0.15, 0.2) is 54.6 Å². The zero-order valence-corrected chi connectivity index (χ0v) is 15.0. The summed E-state index contributed by atoms with van der Waals surface area (Å²) >= 11 is 0. The molecule has 1 amide bonds. The Bertz CT molecular complexity index is 787. The summed E-state index contributed by atoms with van der Waals surface area (Å²) in [5, 5.41) is 2.91. The summed E-state index contributed by atoms with van der Waals surface area (Å²) in [6.07, 6.45) is 3.16. The van der Waals surface area contributed by atoms with Crippen LogP contribution in [0.2, 0.25) is 0 Å². The van der Waals surface area contributed by atoms with Crippen LogP contribution >= 0.6 is 0 Å². The number of ether oxygens (including phenoxy) is 1. The number of amides is 1. The van der Waals surface area contributed by atoms with Crippen LogP contribution in [0, 0.1) is 5.41 Å². The maximum absolute atomic E-state index is 12.3. The summed E-state index contributed by atoms with van der Waals surface area (Å²) in [5.41, 5.74) is 1.35. The first-order valence-corrected chi connectivity index (χ1v) is 8.09. The highest BCUT2D eigenvalue weighted by molar-refractivity contribution is 6.07. The SMILES string of the molecule is COc1cccc(NC(=O)C(C)(C)C)c1C=CC(=O)c1ccccc1. The molecule has 0 heterocycles. The fourth-order valence-corrected chi connectivity index (χ4v) is 2.17. The smallest absolute Gasteiger partial charge is 0.229 e. The van der Waals surface area contributed by atoms with Gasteiger partial charge in [-0.1, -0.05) is 57.2 Å². The lowest BCUT2D eigenvalue weighted by molar-refractivity contribution is -0.123. The van der Waals surface area contributed by atoms with Gasteiger partial charge < -0.3 is 10.1 Å². The van der Waals surface area contributed by atoms with E-state index >= 15 is 0 Å². The highest BCUT2D eigenvalue weighted by Gasteiger charge is 2.22. The molecule has 2 aromatic carbocycles. The van der Waals surface area contributed by atoms with Crippen LogP contribution in [-0.4, -0.2) is 18.8 Å². The van der Waals surface area contributed by atoms with Crippen molar-refractivity contribution >= 4 is 23.5 Å². The number of carbonyl (C=O) groups is 2. The minimum Gasteiger partial charge on any atom is -0.496 e. The van der Waals surface area contributed by atoms with E-state index in [0.29, 0.717) is 22.6 Å². The Morgan fingerprint density at radius 2 is 1.68 bits per heavy atom. The van der Waals surface area contributed by atoms with Crippen LogP contribution in [0.25, 0.3) is 6.08 Å². The van der Waals surface area contributed by atoms with Gasteiger partial charge in [-0.3, -0.25) is 9.59 Å². The molecular weight excluding hydrogens is 314 g/mol. The second-order valence-corrected chi connectivity index (χ2v) is 6.69. The summed E-state index contributed by atoms with van der Waals surface area (Å²) in [6, 6.07) is 14.4. The lowest BCUT2D eigenvalue weighted by atomic mass is 9.95. The number of carbonyl (C=O) groups excluding carboxylic acids is 2. The Morgan fingerprint density at radius 1 is 1.00 bits per heavy atom. The van der Waals surface area contributed by atoms with E-state index in [1.54, 1.807) is 43.5 Å². The lowest BCUT2D eigenvalue weighted by Crippen LogP contribution is -2.27. The number of hydrogen-bond donors (Lipinski definition) is 1. The molecule has 0 bridgehead atoms. The van der Waals surface area contributed by atoms with Crippen LogP contribution in [0.4, 0.5) is 5.69 Å². The van der Waals surface area contributed by atoms with E-state index in [2.05, 4.69) is 5.32 Å². The monoisotopic (exact) mass is 337 g/mol. The predicted octanol–water partition coefficient (Wildman–Crippen LogP) is 4.58. The third-order valence-corrected chi connectivity index (χ3v) is 3.68. The summed E-state index contributed by atoms with van der Waals surface area (Å²) in [6.45, 7) is 5.53. The maximum Gasteiger partial charge on any atom is 0.229 e. The van der Waals surface area contributed by atoms with E-state index in [-0.39, 0.29) is 11.7 Å². The average molecular weight is 337 g/mol. The van der Waals surface area contributed by atoms with Crippen molar-refractivity contribution in [2.45, 2.75) is 20.8 Å². The zero-order chi connectivity index (χ0) is 18.4. The van der Waals surface area contributed by atoms with Crippen molar-refractivity contribution < 1.29 is 14.3 Å². The second-order valence-electron chi connectivity index (χ2n) is 6.69. The van der Waals surface area contributed by atoms with E-state index in [1.807, 2.05) is 39.0 Å². The van der Waals surface area contributed by atoms with Crippen LogP contribution in [0.5, 0.6) is 5.75 Å². The van der Waals surface area contributed by atoms with Crippen LogP contribution in [-0.2, 0) is 4.79 Å². The molecule has 4 heteroatoms. The number of anilines is 1. The molecular formula is C21H23NO3. The standard InChI is InChI=1S/C21H23NO3/c1-21(2,3)20(24)22-17-11-8-12-19(25-4)16(17)13-14-18(23)15-9-6-5-7-10-15/h5-14H,1-4H3,(H,22,24). The van der Waals surface area contributed by atoms with Gasteiger partial charge in [0, 0.05) is 16.5 Å². The Balaban J connectivity index is 2.34. The number of hydrogen-bond acceptors (Lipinski definition) is 3. The van der Waals surface area contributed by atoms with Gasteiger partial charge in [0.2, 0.25) is 5.91 Å². The summed E-state index contributed by atoms with van der Waals surface area (Å²) in [5.74, 6) is 0.369. The number of nitrogens with one attached hydrogen (secondary N) is 1. The summed E-state index contributed by atoms with van der Waals surface area (Å²) < 4.78 is 5.38. The molecule has 0 aromatic heterocycles. The zero-order valence-electron chi connectivity index (χ0n) is 15.0. The highest BCUT2D eigenvalue weighted by atomic mass is 16.5. The quantitative estimate of drug-likeness (QED) is 0.642. The predicted molar refractivity (Wildman–Crippen MR) is 101 cm³/mol. The van der Waals surface area contributed by atoms with Gasteiger partial charge >= 0.3 is 0 Å². The Hall–Kier alpha value is -2.88. The number of rotatable bonds is 5. The molecule has 0 aliphatic rings. The topological polar surface area (TPSA) is 55.4 Å². The van der Waals surface area contributed by atoms with Crippen molar-refractivity contribution in [3.05, 3.63) is 65.7 Å². The van der Waals surface area contributed by atoms with Crippen molar-refractivity contribution in [1.82, 2.24) is 0 Å². The minimum atomic E-state index is -0.524. The van der Waals surface area contributed by atoms with E-state index in [1.165, 1.54) is 6.08 Å². The van der Waals surface area contributed by atoms with Gasteiger partial charge in [0.1, 0.15) is 5.75 Å². The first-order valence-electron chi connectivity index (χ1n) is 8.09. The number of allylic oxidation sites excluding steroid dienone is 1. The molecule has 0 unspecified atom stereocenters. The van der Waals surface area contributed by atoms with Crippen molar-refractivity contribution in [1.29, 1.82) is 0 Å². The number of benzene rings is 2. The van der Waals surface area contributed by atoms with E-state index in [4.69, 9.17) is 4.74 Å². The molecule has 0 saturated carbocycles. The molecule has 0 saturated heterocycles. The molecule has 130 valence electrons. The molecule has 1 N–H and O–H groups in total. The third kappa shape index (κ3) is 4.80. The largest absolute Gasteiger partial charge is 0.496 e. The number of methoxy groups -OCH3 is 1. The summed E-state index contributed by atoms with van der Waals surface area (Å²) in [4.78, 5) is 24.6. The van der Waals surface area contributed by atoms with E-state index in [9.17, 15) is 9.59 Å². The second kappa shape index (κ2) is 7.79. The van der Waals surface area contributed by atoms with Crippen LogP contribution in [0.3, 0.4) is 0 Å².